The van der Waals surface area contributed by atoms with Crippen LogP contribution in [0.3, 0.4) is 0 Å². The topological polar surface area (TPSA) is 15.3 Å². The molecule has 2 nitrogen and oxygen atoms in total. The molecule has 3 heterocycles. The fourth-order valence-corrected chi connectivity index (χ4v) is 4.77. The summed E-state index contributed by atoms with van der Waals surface area (Å²) in [6.45, 7) is 5.11. The Labute approximate surface area is 119 Å². The lowest BCUT2D eigenvalue weighted by Gasteiger charge is -2.37. The Balaban J connectivity index is 1.45. The largest absolute Gasteiger partial charge is 0.311 e. The number of nitrogens with zero attached hydrogens (tertiary/aromatic N) is 1. The Kier molecular flexibility index (Phi) is 4.81. The maximum absolute atomic E-state index is 3.77. The molecule has 2 heteroatoms. The number of hydrogen-bond donors (Lipinski definition) is 1. The van der Waals surface area contributed by atoms with Crippen molar-refractivity contribution in [2.45, 2.75) is 89.3 Å². The minimum atomic E-state index is 0.872. The molecule has 0 aromatic carbocycles. The molecular formula is C17H32N2. The lowest BCUT2D eigenvalue weighted by Crippen LogP contribution is -2.42. The van der Waals surface area contributed by atoms with E-state index in [0.29, 0.717) is 0 Å². The van der Waals surface area contributed by atoms with Gasteiger partial charge in [0, 0.05) is 18.1 Å². The van der Waals surface area contributed by atoms with E-state index in [4.69, 9.17) is 0 Å². The average Bonchev–Trinajstić information content (AvgIpc) is 2.77. The zero-order valence-corrected chi connectivity index (χ0v) is 12.7. The van der Waals surface area contributed by atoms with Gasteiger partial charge in [-0.2, -0.15) is 0 Å². The molecule has 2 bridgehead atoms. The maximum Gasteiger partial charge on any atom is 0.00951 e. The number of hydrogen-bond acceptors (Lipinski definition) is 2. The molecule has 0 aromatic rings. The summed E-state index contributed by atoms with van der Waals surface area (Å²) < 4.78 is 0. The van der Waals surface area contributed by atoms with Crippen LogP contribution >= 0.6 is 0 Å². The molecule has 3 aliphatic heterocycles. The zero-order valence-electron chi connectivity index (χ0n) is 12.7. The molecule has 3 fully saturated rings. The van der Waals surface area contributed by atoms with Gasteiger partial charge in [-0.3, -0.25) is 0 Å². The summed E-state index contributed by atoms with van der Waals surface area (Å²) in [5, 5.41) is 3.77. The lowest BCUT2D eigenvalue weighted by atomic mass is 9.88. The highest BCUT2D eigenvalue weighted by Crippen LogP contribution is 2.33. The third-order valence-electron chi connectivity index (χ3n) is 5.77. The SMILES string of the molecule is CCCC1CCCCN1CCC1CC2CCC(C1)N2. The first-order valence-corrected chi connectivity index (χ1v) is 8.85. The minimum Gasteiger partial charge on any atom is -0.311 e. The van der Waals surface area contributed by atoms with Gasteiger partial charge in [0.15, 0.2) is 0 Å². The highest BCUT2D eigenvalue weighted by molar-refractivity contribution is 4.92. The average molecular weight is 264 g/mol. The summed E-state index contributed by atoms with van der Waals surface area (Å²) in [6.07, 6.45) is 14.4. The second-order valence-corrected chi connectivity index (χ2v) is 7.24. The summed E-state index contributed by atoms with van der Waals surface area (Å²) >= 11 is 0. The van der Waals surface area contributed by atoms with E-state index in [1.54, 1.807) is 0 Å². The van der Waals surface area contributed by atoms with Crippen LogP contribution in [0.15, 0.2) is 0 Å². The number of nitrogens with one attached hydrogen (secondary N) is 1. The first kappa shape index (κ1) is 13.9. The maximum atomic E-state index is 3.77. The van der Waals surface area contributed by atoms with Gasteiger partial charge in [0.2, 0.25) is 0 Å². The van der Waals surface area contributed by atoms with Crippen LogP contribution in [-0.2, 0) is 0 Å². The van der Waals surface area contributed by atoms with Crippen LogP contribution in [0.2, 0.25) is 0 Å². The Morgan fingerprint density at radius 2 is 1.79 bits per heavy atom. The minimum absolute atomic E-state index is 0.872. The van der Waals surface area contributed by atoms with Crippen molar-refractivity contribution in [3.63, 3.8) is 0 Å². The van der Waals surface area contributed by atoms with Crippen LogP contribution < -0.4 is 5.32 Å². The monoisotopic (exact) mass is 264 g/mol. The van der Waals surface area contributed by atoms with Gasteiger partial charge >= 0.3 is 0 Å². The first-order valence-electron chi connectivity index (χ1n) is 8.85. The molecule has 3 saturated heterocycles. The predicted octanol–water partition coefficient (Wildman–Crippen LogP) is 3.56. The molecule has 0 aliphatic carbocycles. The van der Waals surface area contributed by atoms with Gasteiger partial charge < -0.3 is 10.2 Å². The van der Waals surface area contributed by atoms with Crippen molar-refractivity contribution < 1.29 is 0 Å². The summed E-state index contributed by atoms with van der Waals surface area (Å²) in [6, 6.07) is 2.66. The molecule has 0 aromatic heterocycles. The van der Waals surface area contributed by atoms with Gasteiger partial charge in [-0.1, -0.05) is 19.8 Å². The van der Waals surface area contributed by atoms with Gasteiger partial charge in [0.25, 0.3) is 0 Å². The molecule has 19 heavy (non-hydrogen) atoms. The molecule has 0 radical (unpaired) electrons. The van der Waals surface area contributed by atoms with Crippen molar-refractivity contribution in [1.82, 2.24) is 10.2 Å². The van der Waals surface area contributed by atoms with E-state index >= 15 is 0 Å². The van der Waals surface area contributed by atoms with Crippen LogP contribution in [0.4, 0.5) is 0 Å². The molecule has 1 N–H and O–H groups in total. The normalized spacial score (nSPS) is 39.6. The molecule has 110 valence electrons. The molecule has 3 atom stereocenters. The molecule has 3 aliphatic rings. The molecule has 3 unspecified atom stereocenters. The van der Waals surface area contributed by atoms with Crippen molar-refractivity contribution in [3.8, 4) is 0 Å². The van der Waals surface area contributed by atoms with Gasteiger partial charge in [-0.05, 0) is 70.4 Å². The van der Waals surface area contributed by atoms with Crippen molar-refractivity contribution >= 4 is 0 Å². The zero-order chi connectivity index (χ0) is 13.1. The molecule has 0 saturated carbocycles. The van der Waals surface area contributed by atoms with E-state index < -0.39 is 0 Å². The third kappa shape index (κ3) is 3.52. The predicted molar refractivity (Wildman–Crippen MR) is 81.4 cm³/mol. The number of piperidine rings is 2. The van der Waals surface area contributed by atoms with Gasteiger partial charge in [0.05, 0.1) is 0 Å². The van der Waals surface area contributed by atoms with Crippen LogP contribution in [0.25, 0.3) is 0 Å². The van der Waals surface area contributed by atoms with Crippen molar-refractivity contribution in [2.75, 3.05) is 13.1 Å². The van der Waals surface area contributed by atoms with Crippen LogP contribution in [0.5, 0.6) is 0 Å². The van der Waals surface area contributed by atoms with Gasteiger partial charge in [-0.15, -0.1) is 0 Å². The molecule has 0 amide bonds. The fraction of sp³-hybridized carbons (Fsp3) is 1.00. The number of likely N-dealkylation sites (tertiary alicyclic amines) is 1. The van der Waals surface area contributed by atoms with Crippen LogP contribution in [-0.4, -0.2) is 36.1 Å². The smallest absolute Gasteiger partial charge is 0.00951 e. The molecule has 0 spiro atoms. The second-order valence-electron chi connectivity index (χ2n) is 7.24. The van der Waals surface area contributed by atoms with E-state index in [1.807, 2.05) is 0 Å². The molecular weight excluding hydrogens is 232 g/mol. The Morgan fingerprint density at radius 1 is 1.00 bits per heavy atom. The summed E-state index contributed by atoms with van der Waals surface area (Å²) in [4.78, 5) is 2.83. The first-order chi connectivity index (χ1) is 9.35. The van der Waals surface area contributed by atoms with Gasteiger partial charge in [0.1, 0.15) is 0 Å². The Hall–Kier alpha value is -0.0800. The van der Waals surface area contributed by atoms with Crippen LogP contribution in [0.1, 0.15) is 71.1 Å². The summed E-state index contributed by atoms with van der Waals surface area (Å²) in [5.74, 6) is 1.02. The summed E-state index contributed by atoms with van der Waals surface area (Å²) in [5.41, 5.74) is 0. The quantitative estimate of drug-likeness (QED) is 0.817. The molecule has 3 rings (SSSR count). The third-order valence-corrected chi connectivity index (χ3v) is 5.77. The Morgan fingerprint density at radius 3 is 2.53 bits per heavy atom. The van der Waals surface area contributed by atoms with Crippen LogP contribution in [0, 0.1) is 5.92 Å². The van der Waals surface area contributed by atoms with E-state index in [2.05, 4.69) is 17.1 Å². The van der Waals surface area contributed by atoms with E-state index in [-0.39, 0.29) is 0 Å². The Bertz CT molecular complexity index is 264. The standard InChI is InChI=1S/C17H32N2/c1-2-5-17-6-3-4-10-19(17)11-9-14-12-15-7-8-16(13-14)18-15/h14-18H,2-13H2,1H3. The van der Waals surface area contributed by atoms with Crippen molar-refractivity contribution in [1.29, 1.82) is 0 Å². The fourth-order valence-electron chi connectivity index (χ4n) is 4.77. The lowest BCUT2D eigenvalue weighted by molar-refractivity contribution is 0.124. The highest BCUT2D eigenvalue weighted by Gasteiger charge is 2.33. The second kappa shape index (κ2) is 6.58. The van der Waals surface area contributed by atoms with E-state index in [1.165, 1.54) is 77.3 Å². The van der Waals surface area contributed by atoms with Crippen molar-refractivity contribution in [3.05, 3.63) is 0 Å². The summed E-state index contributed by atoms with van der Waals surface area (Å²) in [7, 11) is 0. The van der Waals surface area contributed by atoms with E-state index in [9.17, 15) is 0 Å². The highest BCUT2D eigenvalue weighted by atomic mass is 15.2. The number of rotatable bonds is 5. The van der Waals surface area contributed by atoms with Gasteiger partial charge in [-0.25, -0.2) is 0 Å². The van der Waals surface area contributed by atoms with Crippen molar-refractivity contribution in [2.24, 2.45) is 5.92 Å². The van der Waals surface area contributed by atoms with E-state index in [0.717, 1.165) is 24.0 Å². The number of fused-ring (bicyclic) bond motifs is 2.